The van der Waals surface area contributed by atoms with E-state index in [0.717, 1.165) is 42.5 Å². The van der Waals surface area contributed by atoms with Crippen LogP contribution in [-0.2, 0) is 11.8 Å². The van der Waals surface area contributed by atoms with Crippen molar-refractivity contribution in [1.29, 1.82) is 0 Å². The zero-order valence-corrected chi connectivity index (χ0v) is 36.2. The van der Waals surface area contributed by atoms with Crippen LogP contribution in [0.5, 0.6) is 86.2 Å². The van der Waals surface area contributed by atoms with E-state index in [4.69, 9.17) is 14.2 Å². The Morgan fingerprint density at radius 2 is 0.926 bits per heavy atom. The Balaban J connectivity index is 1.36. The summed E-state index contributed by atoms with van der Waals surface area (Å²) in [6, 6.07) is 15.3. The van der Waals surface area contributed by atoms with E-state index >= 15 is 0 Å². The Kier molecular flexibility index (Phi) is 11.0. The predicted molar refractivity (Wildman–Crippen MR) is 237 cm³/mol. The standard InChI is InChI=1S/C50H48O18/c1-3-50(4-2,40-37-32(60)15-23(52)17-35(37)67-48(45(40)65)21-7-10-27(55)30(58)13-21)41-43(63)39(42(62)24-18-33(61)46(68-49(24)41)19-5-8-25(53)28(56)11-19)38-36-31(59)14-22(51)16-34(36)66-47(44(38)64)20-6-9-26(54)29(57)12-20/h5-17,33,38,40,44-48,51-65H,3-4,18H2,1-2H3. The Bertz CT molecular complexity index is 2980. The molecule has 0 saturated carbocycles. The van der Waals surface area contributed by atoms with Gasteiger partial charge in [0.25, 0.3) is 0 Å². The van der Waals surface area contributed by atoms with Crippen LogP contribution in [-0.4, -0.2) is 94.9 Å². The second-order valence-corrected chi connectivity index (χ2v) is 17.5. The van der Waals surface area contributed by atoms with Crippen LogP contribution in [0.25, 0.3) is 0 Å². The van der Waals surface area contributed by atoms with Crippen LogP contribution in [0, 0.1) is 0 Å². The molecule has 15 N–H and O–H groups in total. The Morgan fingerprint density at radius 3 is 1.41 bits per heavy atom. The predicted octanol–water partition coefficient (Wildman–Crippen LogP) is 6.15. The lowest BCUT2D eigenvalue weighted by Crippen LogP contribution is -2.46. The number of benzene rings is 6. The zero-order chi connectivity index (χ0) is 48.8. The molecule has 8 atom stereocenters. The molecule has 9 rings (SSSR count). The largest absolute Gasteiger partial charge is 0.508 e. The van der Waals surface area contributed by atoms with E-state index < -0.39 is 135 Å². The minimum Gasteiger partial charge on any atom is -0.508 e. The van der Waals surface area contributed by atoms with Crippen molar-refractivity contribution < 1.29 is 90.8 Å². The molecule has 3 heterocycles. The highest BCUT2D eigenvalue weighted by Crippen LogP contribution is 2.65. The van der Waals surface area contributed by atoms with E-state index in [1.165, 1.54) is 36.4 Å². The fourth-order valence-corrected chi connectivity index (χ4v) is 10.6. The van der Waals surface area contributed by atoms with Crippen molar-refractivity contribution in [3.63, 3.8) is 0 Å². The maximum atomic E-state index is 13.3. The number of aliphatic hydroxyl groups is 3. The molecule has 0 aromatic heterocycles. The molecule has 68 heavy (non-hydrogen) atoms. The minimum atomic E-state index is -1.88. The Hall–Kier alpha value is -7.80. The molecule has 0 radical (unpaired) electrons. The van der Waals surface area contributed by atoms with Crippen LogP contribution in [0.3, 0.4) is 0 Å². The van der Waals surface area contributed by atoms with Gasteiger partial charge in [-0.3, -0.25) is 0 Å². The summed E-state index contributed by atoms with van der Waals surface area (Å²) >= 11 is 0. The second-order valence-electron chi connectivity index (χ2n) is 17.5. The SMILES string of the molecule is CCC(CC)(c1c(O)c(C2c3c(O)cc(O)cc3OC(c3ccc(O)c(O)c3)C2O)c(O)c2c1OC(c1ccc(O)c(O)c1)C(O)C2)C1c2c(O)cc(O)cc2OC(c2ccc(O)c(O)c2)C1O. The van der Waals surface area contributed by atoms with Gasteiger partial charge in [0.1, 0.15) is 70.1 Å². The number of aromatic hydroxyl groups is 12. The average molecular weight is 937 g/mol. The molecule has 3 aliphatic rings. The first-order valence-electron chi connectivity index (χ1n) is 21.6. The highest BCUT2D eigenvalue weighted by molar-refractivity contribution is 5.71. The third kappa shape index (κ3) is 6.98. The van der Waals surface area contributed by atoms with Gasteiger partial charge in [-0.1, -0.05) is 32.0 Å². The number of phenols is 12. The van der Waals surface area contributed by atoms with Crippen molar-refractivity contribution in [2.75, 3.05) is 0 Å². The summed E-state index contributed by atoms with van der Waals surface area (Å²) in [6.07, 6.45) is -9.90. The van der Waals surface area contributed by atoms with Gasteiger partial charge in [-0.2, -0.15) is 0 Å². The number of phenolic OH excluding ortho intramolecular Hbond substituents is 12. The first-order valence-corrected chi connectivity index (χ1v) is 21.6. The van der Waals surface area contributed by atoms with Crippen LogP contribution in [0.1, 0.15) is 101 Å². The van der Waals surface area contributed by atoms with Gasteiger partial charge in [0.05, 0.1) is 12.0 Å². The molecular weight excluding hydrogens is 889 g/mol. The normalized spacial score (nSPS) is 23.0. The highest BCUT2D eigenvalue weighted by Gasteiger charge is 2.56. The van der Waals surface area contributed by atoms with Gasteiger partial charge in [0.2, 0.25) is 0 Å². The molecule has 0 fully saturated rings. The fraction of sp³-hybridized carbons (Fsp3) is 0.280. The number of rotatable bonds is 8. The summed E-state index contributed by atoms with van der Waals surface area (Å²) in [5.41, 5.74) is -2.34. The van der Waals surface area contributed by atoms with Gasteiger partial charge in [0, 0.05) is 69.8 Å². The van der Waals surface area contributed by atoms with E-state index in [-0.39, 0.29) is 69.0 Å². The molecule has 3 aliphatic heterocycles. The molecule has 0 amide bonds. The zero-order valence-electron chi connectivity index (χ0n) is 36.2. The maximum Gasteiger partial charge on any atom is 0.157 e. The van der Waals surface area contributed by atoms with Crippen molar-refractivity contribution in [2.24, 2.45) is 0 Å². The molecule has 0 saturated heterocycles. The van der Waals surface area contributed by atoms with E-state index in [9.17, 15) is 76.6 Å². The van der Waals surface area contributed by atoms with E-state index in [1.54, 1.807) is 13.8 Å². The molecule has 8 unspecified atom stereocenters. The molecule has 0 spiro atoms. The quantitative estimate of drug-likeness (QED) is 0.0760. The molecule has 356 valence electrons. The van der Waals surface area contributed by atoms with Gasteiger partial charge >= 0.3 is 0 Å². The molecular formula is C50H48O18. The number of ether oxygens (including phenoxy) is 3. The van der Waals surface area contributed by atoms with Gasteiger partial charge in [0.15, 0.2) is 46.7 Å². The van der Waals surface area contributed by atoms with E-state index in [0.29, 0.717) is 0 Å². The Labute approximate surface area is 386 Å². The summed E-state index contributed by atoms with van der Waals surface area (Å²) in [7, 11) is 0. The number of fused-ring (bicyclic) bond motifs is 3. The lowest BCUT2D eigenvalue weighted by molar-refractivity contribution is -0.0270. The summed E-state index contributed by atoms with van der Waals surface area (Å²) in [5.74, 6) is -10.4. The summed E-state index contributed by atoms with van der Waals surface area (Å²) < 4.78 is 19.1. The summed E-state index contributed by atoms with van der Waals surface area (Å²) in [6.45, 7) is 3.41. The molecule has 6 aromatic carbocycles. The molecule has 0 aliphatic carbocycles. The maximum absolute atomic E-state index is 13.3. The van der Waals surface area contributed by atoms with Crippen molar-refractivity contribution >= 4 is 0 Å². The van der Waals surface area contributed by atoms with Gasteiger partial charge in [-0.05, 0) is 65.9 Å². The van der Waals surface area contributed by atoms with Crippen molar-refractivity contribution in [2.45, 2.75) is 87.0 Å². The van der Waals surface area contributed by atoms with Crippen molar-refractivity contribution in [3.8, 4) is 86.2 Å². The number of hydrogen-bond acceptors (Lipinski definition) is 18. The summed E-state index contributed by atoms with van der Waals surface area (Å²) in [5, 5.41) is 170. The number of aliphatic hydroxyl groups excluding tert-OH is 3. The minimum absolute atomic E-state index is 0.0409. The molecule has 6 aromatic rings. The van der Waals surface area contributed by atoms with Crippen LogP contribution in [0.4, 0.5) is 0 Å². The average Bonchev–Trinajstić information content (AvgIpc) is 3.29. The van der Waals surface area contributed by atoms with Crippen LogP contribution in [0.15, 0.2) is 78.9 Å². The van der Waals surface area contributed by atoms with Gasteiger partial charge in [-0.25, -0.2) is 0 Å². The lowest BCUT2D eigenvalue weighted by Gasteiger charge is -2.49. The van der Waals surface area contributed by atoms with Crippen LogP contribution in [0.2, 0.25) is 0 Å². The van der Waals surface area contributed by atoms with Gasteiger partial charge in [-0.15, -0.1) is 0 Å². The monoisotopic (exact) mass is 936 g/mol. The third-order valence-corrected chi connectivity index (χ3v) is 13.8. The summed E-state index contributed by atoms with van der Waals surface area (Å²) in [4.78, 5) is 0. The first-order chi connectivity index (χ1) is 32.3. The third-order valence-electron chi connectivity index (χ3n) is 13.8. The van der Waals surface area contributed by atoms with Crippen molar-refractivity contribution in [1.82, 2.24) is 0 Å². The first kappa shape index (κ1) is 45.4. The lowest BCUT2D eigenvalue weighted by atomic mass is 9.59. The fourth-order valence-electron chi connectivity index (χ4n) is 10.6. The molecule has 18 heteroatoms. The van der Waals surface area contributed by atoms with Gasteiger partial charge < -0.3 is 90.8 Å². The molecule has 0 bridgehead atoms. The Morgan fingerprint density at radius 1 is 0.471 bits per heavy atom. The smallest absolute Gasteiger partial charge is 0.157 e. The van der Waals surface area contributed by atoms with E-state index in [1.807, 2.05) is 0 Å². The van der Waals surface area contributed by atoms with Crippen molar-refractivity contribution in [3.05, 3.63) is 123 Å². The van der Waals surface area contributed by atoms with E-state index in [2.05, 4.69) is 0 Å². The second kappa shape index (κ2) is 16.5. The van der Waals surface area contributed by atoms with Crippen LogP contribution < -0.4 is 14.2 Å². The number of hydrogen-bond donors (Lipinski definition) is 15. The van der Waals surface area contributed by atoms with Crippen LogP contribution >= 0.6 is 0 Å². The topological polar surface area (TPSA) is 331 Å². The molecule has 18 nitrogen and oxygen atoms in total. The highest BCUT2D eigenvalue weighted by atomic mass is 16.5.